The maximum Gasteiger partial charge on any atom is 0.266 e. The Labute approximate surface area is 64.0 Å². The predicted molar refractivity (Wildman–Crippen MR) is 32.5 cm³/mol. The predicted octanol–water partition coefficient (Wildman–Crippen LogP) is -2.18. The van der Waals surface area contributed by atoms with Crippen LogP contribution in [0.3, 0.4) is 0 Å². The van der Waals surface area contributed by atoms with E-state index in [0.717, 1.165) is 0 Å². The lowest BCUT2D eigenvalue weighted by Crippen LogP contribution is -2.41. The second kappa shape index (κ2) is 3.29. The zero-order valence-electron chi connectivity index (χ0n) is 6.52. The van der Waals surface area contributed by atoms with Crippen molar-refractivity contribution in [2.24, 2.45) is 7.05 Å². The SMILES string of the molecule is COCC[n+]1nn(C)nc1[O-]. The van der Waals surface area contributed by atoms with Crippen molar-refractivity contribution in [2.45, 2.75) is 6.54 Å². The third-order valence-corrected chi connectivity index (χ3v) is 1.20. The molecular formula is C5H10N4O2. The van der Waals surface area contributed by atoms with Crippen LogP contribution in [0.25, 0.3) is 0 Å². The van der Waals surface area contributed by atoms with Crippen LogP contribution >= 0.6 is 0 Å². The van der Waals surface area contributed by atoms with E-state index in [9.17, 15) is 5.11 Å². The zero-order valence-corrected chi connectivity index (χ0v) is 6.52. The van der Waals surface area contributed by atoms with Crippen LogP contribution < -0.4 is 9.79 Å². The molecule has 0 saturated carbocycles. The number of aryl methyl sites for hydroxylation is 1. The van der Waals surface area contributed by atoms with Crippen LogP contribution in [0.4, 0.5) is 0 Å². The van der Waals surface area contributed by atoms with Crippen molar-refractivity contribution < 1.29 is 14.5 Å². The second-order valence-corrected chi connectivity index (χ2v) is 2.08. The van der Waals surface area contributed by atoms with E-state index < -0.39 is 0 Å². The Morgan fingerprint density at radius 3 is 2.91 bits per heavy atom. The number of rotatable bonds is 3. The quantitative estimate of drug-likeness (QED) is 0.469. The number of hydrogen-bond acceptors (Lipinski definition) is 4. The normalized spacial score (nSPS) is 10.4. The molecule has 62 valence electrons. The molecule has 6 heteroatoms. The molecule has 6 nitrogen and oxygen atoms in total. The van der Waals surface area contributed by atoms with E-state index in [-0.39, 0.29) is 6.01 Å². The molecule has 0 bridgehead atoms. The third-order valence-electron chi connectivity index (χ3n) is 1.20. The van der Waals surface area contributed by atoms with E-state index in [1.807, 2.05) is 0 Å². The standard InChI is InChI=1S/C5H10N4O2/c1-8-6-5(10)9(7-8)3-4-11-2/h3-4H2,1-2H3. The van der Waals surface area contributed by atoms with Crippen LogP contribution in [-0.4, -0.2) is 28.8 Å². The lowest BCUT2D eigenvalue weighted by Gasteiger charge is -1.96. The van der Waals surface area contributed by atoms with Crippen LogP contribution in [0.1, 0.15) is 0 Å². The first kappa shape index (κ1) is 7.93. The first-order valence-corrected chi connectivity index (χ1v) is 3.21. The summed E-state index contributed by atoms with van der Waals surface area (Å²) in [6, 6.07) is -0.343. The average molecular weight is 158 g/mol. The van der Waals surface area contributed by atoms with Crippen molar-refractivity contribution in [1.82, 2.24) is 15.1 Å². The summed E-state index contributed by atoms with van der Waals surface area (Å²) in [7, 11) is 3.17. The maximum absolute atomic E-state index is 10.9. The van der Waals surface area contributed by atoms with E-state index >= 15 is 0 Å². The Morgan fingerprint density at radius 1 is 1.73 bits per heavy atom. The zero-order chi connectivity index (χ0) is 8.27. The highest BCUT2D eigenvalue weighted by Gasteiger charge is 2.05. The van der Waals surface area contributed by atoms with Crippen molar-refractivity contribution in [3.05, 3.63) is 0 Å². The lowest BCUT2D eigenvalue weighted by molar-refractivity contribution is -0.787. The van der Waals surface area contributed by atoms with Gasteiger partial charge in [-0.1, -0.05) is 0 Å². The topological polar surface area (TPSA) is 66.9 Å². The fraction of sp³-hybridized carbons (Fsp3) is 0.800. The molecule has 0 aliphatic carbocycles. The molecular weight excluding hydrogens is 148 g/mol. The second-order valence-electron chi connectivity index (χ2n) is 2.08. The summed E-state index contributed by atoms with van der Waals surface area (Å²) in [5, 5.41) is 18.2. The summed E-state index contributed by atoms with van der Waals surface area (Å²) in [6.45, 7) is 0.918. The highest BCUT2D eigenvalue weighted by atomic mass is 16.5. The summed E-state index contributed by atoms with van der Waals surface area (Å²) < 4.78 is 6.03. The first-order chi connectivity index (χ1) is 5.24. The third kappa shape index (κ3) is 1.87. The summed E-state index contributed by atoms with van der Waals surface area (Å²) in [5.74, 6) is 0. The Balaban J connectivity index is 2.62. The average Bonchev–Trinajstić information content (AvgIpc) is 2.26. The molecule has 11 heavy (non-hydrogen) atoms. The highest BCUT2D eigenvalue weighted by molar-refractivity contribution is 4.61. The fourth-order valence-electron chi connectivity index (χ4n) is 0.708. The van der Waals surface area contributed by atoms with Gasteiger partial charge in [0.15, 0.2) is 0 Å². The van der Waals surface area contributed by atoms with Crippen molar-refractivity contribution >= 4 is 0 Å². The summed E-state index contributed by atoms with van der Waals surface area (Å²) in [5.41, 5.74) is 0. The molecule has 1 aromatic rings. The van der Waals surface area contributed by atoms with E-state index in [0.29, 0.717) is 13.2 Å². The van der Waals surface area contributed by atoms with Gasteiger partial charge in [-0.25, -0.2) is 0 Å². The van der Waals surface area contributed by atoms with Gasteiger partial charge in [0.05, 0.1) is 16.9 Å². The molecule has 0 N–H and O–H groups in total. The van der Waals surface area contributed by atoms with Crippen LogP contribution in [0.2, 0.25) is 0 Å². The van der Waals surface area contributed by atoms with Gasteiger partial charge in [-0.2, -0.15) is 0 Å². The van der Waals surface area contributed by atoms with Crippen LogP contribution in [0.15, 0.2) is 0 Å². The van der Waals surface area contributed by atoms with Gasteiger partial charge in [0.1, 0.15) is 13.6 Å². The molecule has 0 fully saturated rings. The summed E-state index contributed by atoms with van der Waals surface area (Å²) in [6.07, 6.45) is 0. The minimum atomic E-state index is -0.343. The molecule has 0 amide bonds. The van der Waals surface area contributed by atoms with Crippen molar-refractivity contribution in [1.29, 1.82) is 0 Å². The molecule has 0 aliphatic heterocycles. The maximum atomic E-state index is 10.9. The smallest absolute Gasteiger partial charge is 0.266 e. The molecule has 1 rings (SSSR count). The van der Waals surface area contributed by atoms with E-state index in [1.165, 1.54) is 9.48 Å². The van der Waals surface area contributed by atoms with Crippen LogP contribution in [0.5, 0.6) is 6.01 Å². The molecule has 0 aliphatic rings. The van der Waals surface area contributed by atoms with Gasteiger partial charge in [0.2, 0.25) is 0 Å². The van der Waals surface area contributed by atoms with Crippen molar-refractivity contribution in [2.75, 3.05) is 13.7 Å². The van der Waals surface area contributed by atoms with Gasteiger partial charge in [-0.15, -0.1) is 4.68 Å². The van der Waals surface area contributed by atoms with E-state index in [4.69, 9.17) is 4.74 Å². The highest BCUT2D eigenvalue weighted by Crippen LogP contribution is 1.82. The molecule has 0 unspecified atom stereocenters. The molecule has 0 aromatic carbocycles. The number of aromatic nitrogens is 4. The minimum absolute atomic E-state index is 0.343. The summed E-state index contributed by atoms with van der Waals surface area (Å²) in [4.78, 5) is 1.23. The number of hydrogen-bond donors (Lipinski definition) is 0. The van der Waals surface area contributed by atoms with E-state index in [1.54, 1.807) is 14.2 Å². The lowest BCUT2D eigenvalue weighted by atomic mass is 10.7. The number of tetrazole rings is 1. The molecule has 0 saturated heterocycles. The van der Waals surface area contributed by atoms with Crippen LogP contribution in [0, 0.1) is 0 Å². The number of ether oxygens (including phenoxy) is 1. The largest absolute Gasteiger partial charge is 0.816 e. The van der Waals surface area contributed by atoms with Crippen molar-refractivity contribution in [3.8, 4) is 6.01 Å². The Hall–Kier alpha value is -1.17. The van der Waals surface area contributed by atoms with Gasteiger partial charge < -0.3 is 9.84 Å². The molecule has 0 atom stereocenters. The summed E-state index contributed by atoms with van der Waals surface area (Å²) >= 11 is 0. The number of methoxy groups -OCH3 is 1. The minimum Gasteiger partial charge on any atom is -0.816 e. The van der Waals surface area contributed by atoms with Crippen molar-refractivity contribution in [3.63, 3.8) is 0 Å². The Morgan fingerprint density at radius 2 is 2.45 bits per heavy atom. The van der Waals surface area contributed by atoms with Crippen LogP contribution in [-0.2, 0) is 18.3 Å². The molecule has 0 radical (unpaired) electrons. The Kier molecular flexibility index (Phi) is 2.37. The van der Waals surface area contributed by atoms with Gasteiger partial charge in [-0.3, -0.25) is 0 Å². The first-order valence-electron chi connectivity index (χ1n) is 3.21. The molecule has 1 heterocycles. The van der Waals surface area contributed by atoms with Gasteiger partial charge in [0, 0.05) is 7.11 Å². The monoisotopic (exact) mass is 158 g/mol. The Bertz CT molecular complexity index is 234. The van der Waals surface area contributed by atoms with Gasteiger partial charge in [0.25, 0.3) is 6.01 Å². The molecule has 1 aromatic heterocycles. The van der Waals surface area contributed by atoms with E-state index in [2.05, 4.69) is 10.3 Å². The van der Waals surface area contributed by atoms with Gasteiger partial charge in [-0.05, 0) is 4.80 Å². The molecule has 0 spiro atoms. The van der Waals surface area contributed by atoms with Gasteiger partial charge >= 0.3 is 0 Å². The fourth-order valence-corrected chi connectivity index (χ4v) is 0.708. The number of nitrogens with zero attached hydrogens (tertiary/aromatic N) is 4.